The van der Waals surface area contributed by atoms with Crippen LogP contribution in [0.1, 0.15) is 31.2 Å². The van der Waals surface area contributed by atoms with Crippen LogP contribution >= 0.6 is 11.3 Å². The summed E-state index contributed by atoms with van der Waals surface area (Å²) in [5.74, 6) is 0. The molecule has 24 heavy (non-hydrogen) atoms. The Morgan fingerprint density at radius 1 is 1.21 bits per heavy atom. The van der Waals surface area contributed by atoms with Gasteiger partial charge < -0.3 is 4.90 Å². The zero-order valence-electron chi connectivity index (χ0n) is 13.5. The minimum absolute atomic E-state index is 0.109. The van der Waals surface area contributed by atoms with Crippen molar-refractivity contribution in [3.8, 4) is 0 Å². The molecular formula is C18H20N4OS. The van der Waals surface area contributed by atoms with Crippen LogP contribution in [0.2, 0.25) is 0 Å². The summed E-state index contributed by atoms with van der Waals surface area (Å²) in [4.78, 5) is 19.2. The maximum Gasteiger partial charge on any atom is 0.275 e. The van der Waals surface area contributed by atoms with E-state index in [-0.39, 0.29) is 5.56 Å². The van der Waals surface area contributed by atoms with Crippen LogP contribution in [0.25, 0.3) is 4.96 Å². The summed E-state index contributed by atoms with van der Waals surface area (Å²) in [7, 11) is 0. The van der Waals surface area contributed by atoms with Crippen molar-refractivity contribution >= 4 is 21.4 Å². The molecule has 0 spiro atoms. The summed E-state index contributed by atoms with van der Waals surface area (Å²) >= 11 is 1.51. The van der Waals surface area contributed by atoms with Crippen LogP contribution in [-0.2, 0) is 6.42 Å². The van der Waals surface area contributed by atoms with E-state index in [1.165, 1.54) is 46.7 Å². The lowest BCUT2D eigenvalue weighted by molar-refractivity contribution is 0.577. The molecule has 0 aliphatic carbocycles. The number of hydrogen-bond acceptors (Lipinski definition) is 5. The number of anilines is 1. The van der Waals surface area contributed by atoms with Gasteiger partial charge in [0.25, 0.3) is 5.56 Å². The number of hydrogen-bond donors (Lipinski definition) is 0. The van der Waals surface area contributed by atoms with E-state index in [0.717, 1.165) is 24.5 Å². The third-order valence-electron chi connectivity index (χ3n) is 4.63. The largest absolute Gasteiger partial charge is 0.344 e. The molecule has 1 aromatic carbocycles. The third kappa shape index (κ3) is 3.06. The van der Waals surface area contributed by atoms with Gasteiger partial charge in [0, 0.05) is 24.8 Å². The zero-order chi connectivity index (χ0) is 16.4. The lowest BCUT2D eigenvalue weighted by atomic mass is 10.0. The normalized spacial score (nSPS) is 17.7. The molecule has 2 aromatic heterocycles. The monoisotopic (exact) mass is 340 g/mol. The molecule has 0 amide bonds. The standard InChI is InChI=1S/C18H20N4OS/c23-16-11-12-19-17-22(16)20-18(24-17)21-13-5-10-15(21)9-4-8-14-6-2-1-3-7-14/h1-3,6-7,11-12,15H,4-5,8-10,13H2. The van der Waals surface area contributed by atoms with Crippen LogP contribution in [0.15, 0.2) is 47.4 Å². The van der Waals surface area contributed by atoms with Gasteiger partial charge in [-0.2, -0.15) is 4.52 Å². The lowest BCUT2D eigenvalue weighted by Gasteiger charge is -2.23. The summed E-state index contributed by atoms with van der Waals surface area (Å²) in [6.07, 6.45) is 7.40. The van der Waals surface area contributed by atoms with Gasteiger partial charge in [-0.25, -0.2) is 4.98 Å². The number of nitrogens with zero attached hydrogens (tertiary/aromatic N) is 4. The van der Waals surface area contributed by atoms with E-state index in [1.54, 1.807) is 6.20 Å². The van der Waals surface area contributed by atoms with E-state index in [9.17, 15) is 4.79 Å². The first-order chi connectivity index (χ1) is 11.8. The maximum atomic E-state index is 11.9. The van der Waals surface area contributed by atoms with E-state index in [1.807, 2.05) is 0 Å². The second kappa shape index (κ2) is 6.73. The predicted octanol–water partition coefficient (Wildman–Crippen LogP) is 3.14. The molecular weight excluding hydrogens is 320 g/mol. The Kier molecular flexibility index (Phi) is 4.30. The van der Waals surface area contributed by atoms with Crippen LogP contribution in [0.4, 0.5) is 5.13 Å². The Morgan fingerprint density at radius 3 is 2.92 bits per heavy atom. The second-order valence-corrected chi connectivity index (χ2v) is 7.16. The van der Waals surface area contributed by atoms with Crippen molar-refractivity contribution in [3.63, 3.8) is 0 Å². The van der Waals surface area contributed by atoms with Crippen molar-refractivity contribution in [2.75, 3.05) is 11.4 Å². The van der Waals surface area contributed by atoms with E-state index in [2.05, 4.69) is 45.3 Å². The molecule has 1 aliphatic heterocycles. The minimum atomic E-state index is -0.109. The smallest absolute Gasteiger partial charge is 0.275 e. The molecule has 1 unspecified atom stereocenters. The van der Waals surface area contributed by atoms with E-state index < -0.39 is 0 Å². The Bertz CT molecular complexity index is 873. The average molecular weight is 340 g/mol. The van der Waals surface area contributed by atoms with E-state index in [0.29, 0.717) is 11.0 Å². The number of aromatic nitrogens is 3. The van der Waals surface area contributed by atoms with E-state index in [4.69, 9.17) is 0 Å². The lowest BCUT2D eigenvalue weighted by Crippen LogP contribution is -2.29. The van der Waals surface area contributed by atoms with Gasteiger partial charge in [0.1, 0.15) is 0 Å². The van der Waals surface area contributed by atoms with Crippen LogP contribution in [0.3, 0.4) is 0 Å². The van der Waals surface area contributed by atoms with Crippen LogP contribution in [-0.4, -0.2) is 27.2 Å². The summed E-state index contributed by atoms with van der Waals surface area (Å²) < 4.78 is 1.42. The van der Waals surface area contributed by atoms with E-state index >= 15 is 0 Å². The molecule has 3 heterocycles. The van der Waals surface area contributed by atoms with Gasteiger partial charge in [0.2, 0.25) is 10.1 Å². The van der Waals surface area contributed by atoms with Gasteiger partial charge in [-0.05, 0) is 37.7 Å². The Labute approximate surface area is 144 Å². The highest BCUT2D eigenvalue weighted by molar-refractivity contribution is 7.20. The van der Waals surface area contributed by atoms with Crippen LogP contribution < -0.4 is 10.5 Å². The minimum Gasteiger partial charge on any atom is -0.344 e. The van der Waals surface area contributed by atoms with Crippen molar-refractivity contribution in [1.82, 2.24) is 14.6 Å². The molecule has 124 valence electrons. The number of benzene rings is 1. The molecule has 6 heteroatoms. The fourth-order valence-corrected chi connectivity index (χ4v) is 4.40. The van der Waals surface area contributed by atoms with Gasteiger partial charge >= 0.3 is 0 Å². The highest BCUT2D eigenvalue weighted by atomic mass is 32.1. The second-order valence-electron chi connectivity index (χ2n) is 6.23. The van der Waals surface area contributed by atoms with Gasteiger partial charge in [-0.15, -0.1) is 5.10 Å². The summed E-state index contributed by atoms with van der Waals surface area (Å²) in [5, 5.41) is 5.42. The van der Waals surface area contributed by atoms with Gasteiger partial charge in [-0.3, -0.25) is 4.79 Å². The third-order valence-corrected chi connectivity index (χ3v) is 5.59. The molecule has 1 saturated heterocycles. The first kappa shape index (κ1) is 15.3. The van der Waals surface area contributed by atoms with Crippen LogP contribution in [0.5, 0.6) is 0 Å². The molecule has 0 saturated carbocycles. The Morgan fingerprint density at radius 2 is 2.08 bits per heavy atom. The number of fused-ring (bicyclic) bond motifs is 1. The molecule has 1 aliphatic rings. The Hall–Kier alpha value is -2.21. The van der Waals surface area contributed by atoms with Gasteiger partial charge in [0.05, 0.1) is 0 Å². The predicted molar refractivity (Wildman–Crippen MR) is 96.9 cm³/mol. The molecule has 1 atom stereocenters. The highest BCUT2D eigenvalue weighted by Crippen LogP contribution is 2.31. The molecule has 1 fully saturated rings. The molecule has 3 aromatic rings. The van der Waals surface area contributed by atoms with Crippen molar-refractivity contribution in [1.29, 1.82) is 0 Å². The van der Waals surface area contributed by atoms with Crippen LogP contribution in [0, 0.1) is 0 Å². The SMILES string of the molecule is O=c1ccnc2sc(N3CCCC3CCCc3ccccc3)nn12. The Balaban J connectivity index is 1.46. The highest BCUT2D eigenvalue weighted by Gasteiger charge is 2.27. The molecule has 5 nitrogen and oxygen atoms in total. The average Bonchev–Trinajstić information content (AvgIpc) is 3.23. The van der Waals surface area contributed by atoms with Crippen molar-refractivity contribution in [2.24, 2.45) is 0 Å². The quantitative estimate of drug-likeness (QED) is 0.716. The number of aryl methyl sites for hydroxylation is 1. The van der Waals surface area contributed by atoms with Crippen molar-refractivity contribution in [2.45, 2.75) is 38.1 Å². The fourth-order valence-electron chi connectivity index (χ4n) is 3.42. The molecule has 0 bridgehead atoms. The van der Waals surface area contributed by atoms with Gasteiger partial charge in [0.15, 0.2) is 0 Å². The summed E-state index contributed by atoms with van der Waals surface area (Å²) in [5.41, 5.74) is 1.29. The maximum absolute atomic E-state index is 11.9. The molecule has 4 rings (SSSR count). The van der Waals surface area contributed by atoms with Gasteiger partial charge in [-0.1, -0.05) is 41.7 Å². The molecule has 0 N–H and O–H groups in total. The fraction of sp³-hybridized carbons (Fsp3) is 0.389. The van der Waals surface area contributed by atoms with Crippen molar-refractivity contribution in [3.05, 3.63) is 58.5 Å². The summed E-state index contributed by atoms with van der Waals surface area (Å²) in [6.45, 7) is 1.02. The molecule has 0 radical (unpaired) electrons. The topological polar surface area (TPSA) is 50.5 Å². The first-order valence-electron chi connectivity index (χ1n) is 8.47. The number of rotatable bonds is 5. The van der Waals surface area contributed by atoms with Crippen molar-refractivity contribution < 1.29 is 0 Å². The first-order valence-corrected chi connectivity index (χ1v) is 9.28. The summed E-state index contributed by atoms with van der Waals surface area (Å²) in [6, 6.07) is 12.6. The zero-order valence-corrected chi connectivity index (χ0v) is 14.3.